The first-order chi connectivity index (χ1) is 13.3. The van der Waals surface area contributed by atoms with Gasteiger partial charge in [-0.05, 0) is 50.8 Å². The minimum atomic E-state index is -2.97. The van der Waals surface area contributed by atoms with Crippen molar-refractivity contribution < 1.29 is 13.2 Å². The van der Waals surface area contributed by atoms with Gasteiger partial charge in [-0.15, -0.1) is 24.0 Å². The highest BCUT2D eigenvalue weighted by Crippen LogP contribution is 2.21. The summed E-state index contributed by atoms with van der Waals surface area (Å²) in [5.41, 5.74) is 1.99. The number of nitrogens with one attached hydrogen (secondary N) is 2. The Labute approximate surface area is 191 Å². The molecule has 0 bridgehead atoms. The minimum Gasteiger partial charge on any atom is -0.357 e. The van der Waals surface area contributed by atoms with Crippen LogP contribution in [-0.4, -0.2) is 51.4 Å². The third kappa shape index (κ3) is 9.33. The summed E-state index contributed by atoms with van der Waals surface area (Å²) in [6.45, 7) is 5.95. The molecule has 0 saturated carbocycles. The van der Waals surface area contributed by atoms with Crippen LogP contribution in [0.25, 0.3) is 0 Å². The topological polar surface area (TPSA) is 90.9 Å². The van der Waals surface area contributed by atoms with Crippen LogP contribution in [0.2, 0.25) is 0 Å². The molecule has 0 aromatic heterocycles. The number of carbonyl (C=O) groups is 1. The Morgan fingerprint density at radius 2 is 1.93 bits per heavy atom. The highest BCUT2D eigenvalue weighted by molar-refractivity contribution is 14.0. The first kappa shape index (κ1) is 25.7. The van der Waals surface area contributed by atoms with Gasteiger partial charge in [0.2, 0.25) is 5.91 Å². The SMILES string of the molecule is CCNC(=NCc1ccc(N2CCCCC2=O)cc1)NC(C)CCS(C)(=O)=O.I. The van der Waals surface area contributed by atoms with E-state index in [1.54, 1.807) is 0 Å². The summed E-state index contributed by atoms with van der Waals surface area (Å²) in [5.74, 6) is 1.01. The van der Waals surface area contributed by atoms with Gasteiger partial charge in [0.1, 0.15) is 9.84 Å². The number of amides is 1. The molecule has 29 heavy (non-hydrogen) atoms. The normalized spacial score (nSPS) is 16.2. The summed E-state index contributed by atoms with van der Waals surface area (Å²) >= 11 is 0. The van der Waals surface area contributed by atoms with Crippen molar-refractivity contribution in [1.29, 1.82) is 0 Å². The molecule has 1 heterocycles. The molecule has 1 unspecified atom stereocenters. The number of halogens is 1. The highest BCUT2D eigenvalue weighted by atomic mass is 127. The van der Waals surface area contributed by atoms with Gasteiger partial charge in [0.25, 0.3) is 0 Å². The maximum atomic E-state index is 12.0. The molecule has 1 saturated heterocycles. The smallest absolute Gasteiger partial charge is 0.226 e. The fourth-order valence-electron chi connectivity index (χ4n) is 3.05. The first-order valence-electron chi connectivity index (χ1n) is 9.90. The number of anilines is 1. The number of benzene rings is 1. The summed E-state index contributed by atoms with van der Waals surface area (Å²) in [7, 11) is -2.97. The third-order valence-electron chi connectivity index (χ3n) is 4.64. The van der Waals surface area contributed by atoms with Gasteiger partial charge in [-0.1, -0.05) is 12.1 Å². The summed E-state index contributed by atoms with van der Waals surface area (Å²) in [5, 5.41) is 6.44. The van der Waals surface area contributed by atoms with Crippen LogP contribution in [0.5, 0.6) is 0 Å². The highest BCUT2D eigenvalue weighted by Gasteiger charge is 2.19. The van der Waals surface area contributed by atoms with Crippen molar-refractivity contribution in [2.75, 3.05) is 30.0 Å². The van der Waals surface area contributed by atoms with Gasteiger partial charge in [0.05, 0.1) is 12.3 Å². The Morgan fingerprint density at radius 3 is 2.52 bits per heavy atom. The molecule has 164 valence electrons. The number of rotatable bonds is 8. The van der Waals surface area contributed by atoms with Gasteiger partial charge in [0.15, 0.2) is 5.96 Å². The minimum absolute atomic E-state index is 0. The average Bonchev–Trinajstić information content (AvgIpc) is 2.65. The summed E-state index contributed by atoms with van der Waals surface area (Å²) in [6, 6.07) is 7.95. The van der Waals surface area contributed by atoms with Crippen LogP contribution in [0.1, 0.15) is 45.1 Å². The number of sulfone groups is 1. The van der Waals surface area contributed by atoms with Crippen molar-refractivity contribution >= 4 is 51.4 Å². The van der Waals surface area contributed by atoms with Crippen molar-refractivity contribution in [3.8, 4) is 0 Å². The van der Waals surface area contributed by atoms with E-state index in [9.17, 15) is 13.2 Å². The molecule has 2 N–H and O–H groups in total. The monoisotopic (exact) mass is 536 g/mol. The molecule has 1 fully saturated rings. The number of guanidine groups is 1. The van der Waals surface area contributed by atoms with Crippen LogP contribution < -0.4 is 15.5 Å². The van der Waals surface area contributed by atoms with Crippen LogP contribution >= 0.6 is 24.0 Å². The lowest BCUT2D eigenvalue weighted by molar-refractivity contribution is -0.119. The molecule has 1 amide bonds. The molecule has 0 aliphatic carbocycles. The summed E-state index contributed by atoms with van der Waals surface area (Å²) in [4.78, 5) is 18.5. The van der Waals surface area contributed by atoms with E-state index in [1.165, 1.54) is 6.26 Å². The van der Waals surface area contributed by atoms with E-state index in [0.29, 0.717) is 25.3 Å². The van der Waals surface area contributed by atoms with Gasteiger partial charge in [0, 0.05) is 37.5 Å². The van der Waals surface area contributed by atoms with E-state index in [2.05, 4.69) is 15.6 Å². The Hall–Kier alpha value is -1.36. The fraction of sp³-hybridized carbons (Fsp3) is 0.600. The maximum Gasteiger partial charge on any atom is 0.226 e. The third-order valence-corrected chi connectivity index (χ3v) is 5.62. The molecule has 7 nitrogen and oxygen atoms in total. The molecule has 0 spiro atoms. The second-order valence-electron chi connectivity index (χ2n) is 7.33. The number of aliphatic imine (C=N–C) groups is 1. The van der Waals surface area contributed by atoms with Crippen molar-refractivity contribution in [1.82, 2.24) is 10.6 Å². The molecule has 1 aliphatic heterocycles. The standard InChI is InChI=1S/C20H32N4O3S.HI/c1-4-21-20(23-16(2)12-14-28(3,26)27)22-15-17-8-10-18(11-9-17)24-13-6-5-7-19(24)25;/h8-11,16H,4-7,12-15H2,1-3H3,(H2,21,22,23);1H. The Balaban J connectivity index is 0.00000420. The average molecular weight is 536 g/mol. The number of carbonyl (C=O) groups excluding carboxylic acids is 1. The van der Waals surface area contributed by atoms with Crippen LogP contribution in [0, 0.1) is 0 Å². The second-order valence-corrected chi connectivity index (χ2v) is 9.59. The van der Waals surface area contributed by atoms with E-state index >= 15 is 0 Å². The van der Waals surface area contributed by atoms with Gasteiger partial charge in [-0.25, -0.2) is 13.4 Å². The maximum absolute atomic E-state index is 12.0. The quantitative estimate of drug-likeness (QED) is 0.303. The van der Waals surface area contributed by atoms with E-state index in [4.69, 9.17) is 0 Å². The fourth-order valence-corrected chi connectivity index (χ4v) is 3.83. The molecular weight excluding hydrogens is 503 g/mol. The lowest BCUT2D eigenvalue weighted by Gasteiger charge is -2.26. The van der Waals surface area contributed by atoms with Crippen LogP contribution in [0.4, 0.5) is 5.69 Å². The van der Waals surface area contributed by atoms with E-state index in [-0.39, 0.29) is 41.7 Å². The summed E-state index contributed by atoms with van der Waals surface area (Å²) in [6.07, 6.45) is 4.43. The number of nitrogens with zero attached hydrogens (tertiary/aromatic N) is 2. The Bertz CT molecular complexity index is 781. The number of hydrogen-bond acceptors (Lipinski definition) is 4. The van der Waals surface area contributed by atoms with E-state index in [1.807, 2.05) is 43.0 Å². The first-order valence-corrected chi connectivity index (χ1v) is 12.0. The Kier molecular flexibility index (Phi) is 10.9. The number of hydrogen-bond donors (Lipinski definition) is 2. The molecule has 2 rings (SSSR count). The van der Waals surface area contributed by atoms with Crippen LogP contribution in [-0.2, 0) is 21.2 Å². The zero-order valence-electron chi connectivity index (χ0n) is 17.5. The largest absolute Gasteiger partial charge is 0.357 e. The molecule has 1 aliphatic rings. The molecule has 1 atom stereocenters. The molecule has 0 radical (unpaired) electrons. The zero-order chi connectivity index (χ0) is 20.6. The molecule has 1 aromatic carbocycles. The van der Waals surface area contributed by atoms with Crippen LogP contribution in [0.15, 0.2) is 29.3 Å². The van der Waals surface area contributed by atoms with Gasteiger partial charge in [-0.2, -0.15) is 0 Å². The molecular formula is C20H33IN4O3S. The zero-order valence-corrected chi connectivity index (χ0v) is 20.6. The van der Waals surface area contributed by atoms with Gasteiger partial charge < -0.3 is 15.5 Å². The van der Waals surface area contributed by atoms with Gasteiger partial charge in [-0.3, -0.25) is 4.79 Å². The summed E-state index contributed by atoms with van der Waals surface area (Å²) < 4.78 is 22.6. The number of piperidine rings is 1. The van der Waals surface area contributed by atoms with Crippen molar-refractivity contribution in [3.05, 3.63) is 29.8 Å². The lowest BCUT2D eigenvalue weighted by atomic mass is 10.1. The lowest BCUT2D eigenvalue weighted by Crippen LogP contribution is -2.42. The van der Waals surface area contributed by atoms with E-state index in [0.717, 1.165) is 37.2 Å². The molecule has 9 heteroatoms. The van der Waals surface area contributed by atoms with Crippen molar-refractivity contribution in [3.63, 3.8) is 0 Å². The van der Waals surface area contributed by atoms with Crippen molar-refractivity contribution in [2.45, 2.75) is 52.1 Å². The van der Waals surface area contributed by atoms with Crippen molar-refractivity contribution in [2.24, 2.45) is 4.99 Å². The van der Waals surface area contributed by atoms with Crippen LogP contribution in [0.3, 0.4) is 0 Å². The Morgan fingerprint density at radius 1 is 1.24 bits per heavy atom. The second kappa shape index (κ2) is 12.4. The predicted molar refractivity (Wildman–Crippen MR) is 130 cm³/mol. The van der Waals surface area contributed by atoms with Gasteiger partial charge >= 0.3 is 0 Å². The molecule has 1 aromatic rings. The predicted octanol–water partition coefficient (Wildman–Crippen LogP) is 2.70. The van der Waals surface area contributed by atoms with E-state index < -0.39 is 9.84 Å².